The Morgan fingerprint density at radius 2 is 1.93 bits per heavy atom. The van der Waals surface area contributed by atoms with E-state index in [9.17, 15) is 9.90 Å². The highest BCUT2D eigenvalue weighted by molar-refractivity contribution is 5.95. The van der Waals surface area contributed by atoms with Gasteiger partial charge in [0.15, 0.2) is 5.82 Å². The van der Waals surface area contributed by atoms with Crippen molar-refractivity contribution in [3.05, 3.63) is 65.5 Å². The van der Waals surface area contributed by atoms with Crippen molar-refractivity contribution in [2.45, 2.75) is 46.1 Å². The van der Waals surface area contributed by atoms with Crippen LogP contribution < -0.4 is 0 Å². The Labute approximate surface area is 158 Å². The number of aryl methyl sites for hydroxylation is 2. The van der Waals surface area contributed by atoms with Crippen molar-refractivity contribution < 1.29 is 9.90 Å². The summed E-state index contributed by atoms with van der Waals surface area (Å²) < 4.78 is 2.01. The molecule has 0 radical (unpaired) electrons. The molecule has 0 fully saturated rings. The van der Waals surface area contributed by atoms with E-state index in [1.807, 2.05) is 28.9 Å². The smallest absolute Gasteiger partial charge is 0.336 e. The van der Waals surface area contributed by atoms with Gasteiger partial charge in [0, 0.05) is 37.3 Å². The molecule has 0 saturated heterocycles. The predicted octanol–water partition coefficient (Wildman–Crippen LogP) is 3.99. The number of aromatic nitrogens is 4. The number of hydrogen-bond donors (Lipinski definition) is 1. The van der Waals surface area contributed by atoms with Crippen LogP contribution in [0.5, 0.6) is 0 Å². The molecule has 0 aliphatic heterocycles. The molecule has 140 valence electrons. The number of unbranched alkanes of at least 4 members (excludes halogenated alkanes) is 1. The topological polar surface area (TPSA) is 80.9 Å². The van der Waals surface area contributed by atoms with Crippen LogP contribution in [0.1, 0.15) is 54.3 Å². The molecule has 0 bridgehead atoms. The van der Waals surface area contributed by atoms with Gasteiger partial charge in [0.1, 0.15) is 5.82 Å². The Hall–Kier alpha value is -3.02. The molecule has 0 aliphatic rings. The van der Waals surface area contributed by atoms with Gasteiger partial charge >= 0.3 is 5.97 Å². The van der Waals surface area contributed by atoms with E-state index >= 15 is 0 Å². The number of hydrogen-bond acceptors (Lipinski definition) is 4. The maximum absolute atomic E-state index is 11.4. The lowest BCUT2D eigenvalue weighted by Gasteiger charge is -2.08. The second-order valence-electron chi connectivity index (χ2n) is 6.47. The van der Waals surface area contributed by atoms with Gasteiger partial charge in [-0.05, 0) is 23.6 Å². The molecule has 3 aromatic rings. The second kappa shape index (κ2) is 8.58. The molecule has 6 heteroatoms. The van der Waals surface area contributed by atoms with Crippen LogP contribution in [0.4, 0.5) is 0 Å². The molecule has 6 nitrogen and oxygen atoms in total. The SMILES string of the molecule is CCCCn1nc(CC)nc1Cc1ccc(-c2cnccc2C(=O)O)cc1. The Morgan fingerprint density at radius 3 is 2.59 bits per heavy atom. The number of rotatable bonds is 8. The minimum atomic E-state index is -0.951. The minimum absolute atomic E-state index is 0.254. The summed E-state index contributed by atoms with van der Waals surface area (Å²) in [5.41, 5.74) is 2.83. The Bertz CT molecular complexity index is 916. The van der Waals surface area contributed by atoms with E-state index in [1.165, 1.54) is 12.3 Å². The lowest BCUT2D eigenvalue weighted by molar-refractivity contribution is 0.0697. The molecule has 1 N–H and O–H groups in total. The van der Waals surface area contributed by atoms with Crippen molar-refractivity contribution in [2.75, 3.05) is 0 Å². The van der Waals surface area contributed by atoms with Crippen LogP contribution in [0.15, 0.2) is 42.7 Å². The van der Waals surface area contributed by atoms with Crippen LogP contribution in [0.3, 0.4) is 0 Å². The number of aromatic carboxylic acids is 1. The predicted molar refractivity (Wildman–Crippen MR) is 104 cm³/mol. The molecule has 2 heterocycles. The van der Waals surface area contributed by atoms with Gasteiger partial charge in [-0.1, -0.05) is 44.5 Å². The first-order chi connectivity index (χ1) is 13.1. The van der Waals surface area contributed by atoms with Gasteiger partial charge in [0.2, 0.25) is 0 Å². The quantitative estimate of drug-likeness (QED) is 0.653. The average molecular weight is 364 g/mol. The summed E-state index contributed by atoms with van der Waals surface area (Å²) in [4.78, 5) is 20.1. The van der Waals surface area contributed by atoms with E-state index in [2.05, 4.69) is 28.9 Å². The number of pyridine rings is 1. The van der Waals surface area contributed by atoms with Crippen LogP contribution in [-0.4, -0.2) is 30.8 Å². The Kier molecular flexibility index (Phi) is 5.96. The van der Waals surface area contributed by atoms with Crippen LogP contribution in [0.2, 0.25) is 0 Å². The fraction of sp³-hybridized carbons (Fsp3) is 0.333. The first kappa shape index (κ1) is 18.8. The Balaban J connectivity index is 1.83. The molecule has 27 heavy (non-hydrogen) atoms. The molecule has 0 atom stereocenters. The highest BCUT2D eigenvalue weighted by atomic mass is 16.4. The number of carboxylic acids is 1. The fourth-order valence-corrected chi connectivity index (χ4v) is 2.99. The first-order valence-electron chi connectivity index (χ1n) is 9.31. The summed E-state index contributed by atoms with van der Waals surface area (Å²) in [6, 6.07) is 9.42. The van der Waals surface area contributed by atoms with Crippen molar-refractivity contribution in [3.8, 4) is 11.1 Å². The van der Waals surface area contributed by atoms with Gasteiger partial charge in [-0.2, -0.15) is 5.10 Å². The zero-order valence-corrected chi connectivity index (χ0v) is 15.7. The van der Waals surface area contributed by atoms with E-state index in [1.54, 1.807) is 6.20 Å². The van der Waals surface area contributed by atoms with Gasteiger partial charge in [-0.25, -0.2) is 14.5 Å². The molecular weight excluding hydrogens is 340 g/mol. The molecule has 0 spiro atoms. The van der Waals surface area contributed by atoms with E-state index in [-0.39, 0.29) is 5.56 Å². The monoisotopic (exact) mass is 364 g/mol. The summed E-state index contributed by atoms with van der Waals surface area (Å²) in [5.74, 6) is 0.896. The van der Waals surface area contributed by atoms with Crippen molar-refractivity contribution in [1.82, 2.24) is 19.7 Å². The number of benzene rings is 1. The van der Waals surface area contributed by atoms with Crippen molar-refractivity contribution in [2.24, 2.45) is 0 Å². The lowest BCUT2D eigenvalue weighted by atomic mass is 10.00. The summed E-state index contributed by atoms with van der Waals surface area (Å²) in [6.07, 6.45) is 6.81. The maximum atomic E-state index is 11.4. The van der Waals surface area contributed by atoms with E-state index < -0.39 is 5.97 Å². The summed E-state index contributed by atoms with van der Waals surface area (Å²) in [6.45, 7) is 5.11. The van der Waals surface area contributed by atoms with Crippen molar-refractivity contribution >= 4 is 5.97 Å². The van der Waals surface area contributed by atoms with Crippen LogP contribution in [-0.2, 0) is 19.4 Å². The van der Waals surface area contributed by atoms with Gasteiger partial charge in [-0.3, -0.25) is 4.98 Å². The zero-order valence-electron chi connectivity index (χ0n) is 15.7. The third kappa shape index (κ3) is 4.39. The molecule has 3 rings (SSSR count). The second-order valence-corrected chi connectivity index (χ2v) is 6.47. The minimum Gasteiger partial charge on any atom is -0.478 e. The summed E-state index contributed by atoms with van der Waals surface area (Å²) >= 11 is 0. The van der Waals surface area contributed by atoms with Gasteiger partial charge < -0.3 is 5.11 Å². The highest BCUT2D eigenvalue weighted by Gasteiger charge is 2.13. The number of nitrogens with zero attached hydrogens (tertiary/aromatic N) is 4. The molecule has 1 aromatic carbocycles. The zero-order chi connectivity index (χ0) is 19.2. The largest absolute Gasteiger partial charge is 0.478 e. The highest BCUT2D eigenvalue weighted by Crippen LogP contribution is 2.24. The third-order valence-electron chi connectivity index (χ3n) is 4.51. The lowest BCUT2D eigenvalue weighted by Crippen LogP contribution is -2.06. The van der Waals surface area contributed by atoms with E-state index in [4.69, 9.17) is 0 Å². The molecule has 0 unspecified atom stereocenters. The van der Waals surface area contributed by atoms with Crippen LogP contribution in [0, 0.1) is 0 Å². The summed E-state index contributed by atoms with van der Waals surface area (Å²) in [5, 5.41) is 13.9. The molecular formula is C21H24N4O2. The summed E-state index contributed by atoms with van der Waals surface area (Å²) in [7, 11) is 0. The first-order valence-corrected chi connectivity index (χ1v) is 9.31. The average Bonchev–Trinajstić information content (AvgIpc) is 3.08. The van der Waals surface area contributed by atoms with E-state index in [0.717, 1.165) is 48.6 Å². The van der Waals surface area contributed by atoms with Gasteiger partial charge in [0.25, 0.3) is 0 Å². The van der Waals surface area contributed by atoms with Crippen LogP contribution in [0.25, 0.3) is 11.1 Å². The van der Waals surface area contributed by atoms with Crippen LogP contribution >= 0.6 is 0 Å². The fourth-order valence-electron chi connectivity index (χ4n) is 2.99. The maximum Gasteiger partial charge on any atom is 0.336 e. The van der Waals surface area contributed by atoms with Gasteiger partial charge in [0.05, 0.1) is 5.56 Å². The van der Waals surface area contributed by atoms with Crippen molar-refractivity contribution in [1.29, 1.82) is 0 Å². The normalized spacial score (nSPS) is 10.9. The molecule has 0 amide bonds. The Morgan fingerprint density at radius 1 is 1.15 bits per heavy atom. The standard InChI is InChI=1S/C21H24N4O2/c1-3-5-12-25-20(23-19(4-2)24-25)13-15-6-8-16(9-7-15)18-14-22-11-10-17(18)21(26)27/h6-11,14H,3-5,12-13H2,1-2H3,(H,26,27). The number of carboxylic acid groups (broad SMARTS) is 1. The van der Waals surface area contributed by atoms with E-state index in [0.29, 0.717) is 12.0 Å². The van der Waals surface area contributed by atoms with Crippen molar-refractivity contribution in [3.63, 3.8) is 0 Å². The molecule has 0 aliphatic carbocycles. The third-order valence-corrected chi connectivity index (χ3v) is 4.51. The van der Waals surface area contributed by atoms with Gasteiger partial charge in [-0.15, -0.1) is 0 Å². The molecule has 2 aromatic heterocycles. The molecule has 0 saturated carbocycles. The number of carbonyl (C=O) groups is 1.